The number of hydrogen-bond acceptors (Lipinski definition) is 9. The summed E-state index contributed by atoms with van der Waals surface area (Å²) in [7, 11) is 0. The monoisotopic (exact) mass is 500 g/mol. The Hall–Kier alpha value is -3.57. The number of aromatic nitrogens is 7. The molecule has 0 amide bonds. The van der Waals surface area contributed by atoms with E-state index in [0.717, 1.165) is 85.6 Å². The van der Waals surface area contributed by atoms with E-state index in [1.807, 2.05) is 18.5 Å². The lowest BCUT2D eigenvalue weighted by atomic mass is 9.73. The molecule has 7 rings (SSSR count). The number of hydrogen-bond donors (Lipinski definition) is 3. The van der Waals surface area contributed by atoms with Crippen molar-refractivity contribution in [2.45, 2.75) is 51.2 Å². The molecule has 0 radical (unpaired) electrons. The SMILES string of the molecule is CC1CCN(c2n[nH]c3nc(N4CCC5(CC4)CO[C@@H](C)[C@H]5N)cnc23)c2ccc(-c3ncc[nH]3)nc21. The molecule has 4 N–H and O–H groups in total. The van der Waals surface area contributed by atoms with Gasteiger partial charge in [-0.2, -0.15) is 5.10 Å². The van der Waals surface area contributed by atoms with Crippen LogP contribution in [0.2, 0.25) is 0 Å². The summed E-state index contributed by atoms with van der Waals surface area (Å²) in [5, 5.41) is 7.79. The molecule has 3 aliphatic heterocycles. The molecule has 0 bridgehead atoms. The Labute approximate surface area is 214 Å². The first-order chi connectivity index (χ1) is 18.0. The maximum absolute atomic E-state index is 6.50. The molecule has 11 nitrogen and oxygen atoms in total. The van der Waals surface area contributed by atoms with Crippen LogP contribution in [0.25, 0.3) is 22.7 Å². The predicted molar refractivity (Wildman–Crippen MR) is 141 cm³/mol. The van der Waals surface area contributed by atoms with Crippen LogP contribution >= 0.6 is 0 Å². The van der Waals surface area contributed by atoms with Gasteiger partial charge in [0.25, 0.3) is 0 Å². The fourth-order valence-electron chi connectivity index (χ4n) is 6.17. The maximum Gasteiger partial charge on any atom is 0.183 e. The lowest BCUT2D eigenvalue weighted by Gasteiger charge is -2.41. The third-order valence-electron chi connectivity index (χ3n) is 8.61. The first-order valence-electron chi connectivity index (χ1n) is 13.1. The Morgan fingerprint density at radius 3 is 2.73 bits per heavy atom. The third-order valence-corrected chi connectivity index (χ3v) is 8.61. The molecule has 3 aliphatic rings. The van der Waals surface area contributed by atoms with Crippen molar-refractivity contribution in [2.24, 2.45) is 11.1 Å². The summed E-state index contributed by atoms with van der Waals surface area (Å²) in [6.07, 6.45) is 8.54. The number of rotatable bonds is 3. The molecule has 11 heteroatoms. The number of imidazole rings is 1. The van der Waals surface area contributed by atoms with E-state index in [1.54, 1.807) is 6.20 Å². The zero-order valence-corrected chi connectivity index (χ0v) is 21.2. The molecular weight excluding hydrogens is 468 g/mol. The number of H-pyrrole nitrogens is 2. The average Bonchev–Trinajstić information content (AvgIpc) is 3.67. The number of pyridine rings is 1. The van der Waals surface area contributed by atoms with Gasteiger partial charge in [0.2, 0.25) is 0 Å². The highest BCUT2D eigenvalue weighted by molar-refractivity contribution is 5.88. The molecule has 3 atom stereocenters. The largest absolute Gasteiger partial charge is 0.376 e. The van der Waals surface area contributed by atoms with Crippen LogP contribution in [-0.4, -0.2) is 73.5 Å². The molecule has 4 aromatic rings. The van der Waals surface area contributed by atoms with Gasteiger partial charge in [-0.3, -0.25) is 5.10 Å². The van der Waals surface area contributed by atoms with E-state index < -0.39 is 0 Å². The Kier molecular flexibility index (Phi) is 5.19. The number of ether oxygens (including phenoxy) is 1. The van der Waals surface area contributed by atoms with Crippen molar-refractivity contribution in [3.8, 4) is 11.5 Å². The summed E-state index contributed by atoms with van der Waals surface area (Å²) in [5.41, 5.74) is 11.0. The molecule has 7 heterocycles. The van der Waals surface area contributed by atoms with Gasteiger partial charge in [-0.1, -0.05) is 6.92 Å². The van der Waals surface area contributed by atoms with E-state index in [4.69, 9.17) is 25.4 Å². The second kappa shape index (κ2) is 8.49. The van der Waals surface area contributed by atoms with Gasteiger partial charge >= 0.3 is 0 Å². The quantitative estimate of drug-likeness (QED) is 0.387. The molecule has 0 saturated carbocycles. The highest BCUT2D eigenvalue weighted by Crippen LogP contribution is 2.43. The molecule has 192 valence electrons. The standard InChI is InChI=1S/C26H32N10O/c1-15-5-10-36(18-4-3-17(31-20(15)18)23-28-8-9-29-23)25-21-24(33-34-25)32-19(13-30-21)35-11-6-26(7-12-35)14-37-16(2)22(26)27/h3-4,8-9,13,15-16,22H,5-7,10-12,14,27H2,1-2H3,(H,28,29)(H,32,33,34)/t15?,16-,22+/m0/s1. The van der Waals surface area contributed by atoms with Gasteiger partial charge in [0.05, 0.1) is 30.3 Å². The minimum Gasteiger partial charge on any atom is -0.376 e. The molecule has 2 saturated heterocycles. The summed E-state index contributed by atoms with van der Waals surface area (Å²) in [4.78, 5) is 26.7. The van der Waals surface area contributed by atoms with E-state index in [2.05, 4.69) is 49.9 Å². The van der Waals surface area contributed by atoms with Crippen molar-refractivity contribution in [3.63, 3.8) is 0 Å². The second-order valence-corrected chi connectivity index (χ2v) is 10.7. The van der Waals surface area contributed by atoms with Crippen molar-refractivity contribution < 1.29 is 4.74 Å². The molecule has 37 heavy (non-hydrogen) atoms. The molecule has 4 aromatic heterocycles. The number of fused-ring (bicyclic) bond motifs is 2. The highest BCUT2D eigenvalue weighted by Gasteiger charge is 2.47. The second-order valence-electron chi connectivity index (χ2n) is 10.7. The summed E-state index contributed by atoms with van der Waals surface area (Å²) in [6, 6.07) is 4.21. The van der Waals surface area contributed by atoms with Crippen molar-refractivity contribution in [1.82, 2.24) is 35.1 Å². The first-order valence-corrected chi connectivity index (χ1v) is 13.1. The number of aromatic amines is 2. The zero-order valence-electron chi connectivity index (χ0n) is 21.2. The average molecular weight is 501 g/mol. The Balaban J connectivity index is 1.15. The van der Waals surface area contributed by atoms with E-state index in [-0.39, 0.29) is 17.6 Å². The highest BCUT2D eigenvalue weighted by atomic mass is 16.5. The number of nitrogens with two attached hydrogens (primary N) is 1. The summed E-state index contributed by atoms with van der Waals surface area (Å²) in [5.74, 6) is 2.77. The van der Waals surface area contributed by atoms with Gasteiger partial charge in [-0.05, 0) is 38.3 Å². The van der Waals surface area contributed by atoms with Crippen molar-refractivity contribution in [2.75, 3.05) is 36.0 Å². The lowest BCUT2D eigenvalue weighted by molar-refractivity contribution is 0.0974. The maximum atomic E-state index is 6.50. The first kappa shape index (κ1) is 22.6. The fraction of sp³-hybridized carbons (Fsp3) is 0.500. The Bertz CT molecular complexity index is 1420. The number of nitrogens with one attached hydrogen (secondary N) is 2. The molecular formula is C26H32N10O. The summed E-state index contributed by atoms with van der Waals surface area (Å²) >= 11 is 0. The number of anilines is 3. The van der Waals surface area contributed by atoms with Crippen LogP contribution in [0.1, 0.15) is 44.7 Å². The van der Waals surface area contributed by atoms with Crippen LogP contribution in [0.15, 0.2) is 30.7 Å². The van der Waals surface area contributed by atoms with Gasteiger partial charge in [0.1, 0.15) is 11.5 Å². The third kappa shape index (κ3) is 3.59. The zero-order chi connectivity index (χ0) is 25.1. The van der Waals surface area contributed by atoms with E-state index in [1.165, 1.54) is 0 Å². The van der Waals surface area contributed by atoms with E-state index in [9.17, 15) is 0 Å². The van der Waals surface area contributed by atoms with Crippen LogP contribution in [0.5, 0.6) is 0 Å². The Morgan fingerprint density at radius 1 is 1.11 bits per heavy atom. The van der Waals surface area contributed by atoms with Crippen LogP contribution in [0, 0.1) is 5.41 Å². The smallest absolute Gasteiger partial charge is 0.183 e. The summed E-state index contributed by atoms with van der Waals surface area (Å²) < 4.78 is 5.88. The summed E-state index contributed by atoms with van der Waals surface area (Å²) in [6.45, 7) is 7.69. The van der Waals surface area contributed by atoms with Gasteiger partial charge in [0, 0.05) is 49.4 Å². The number of nitrogens with zero attached hydrogens (tertiary/aromatic N) is 7. The van der Waals surface area contributed by atoms with E-state index in [0.29, 0.717) is 11.6 Å². The topological polar surface area (TPSA) is 138 Å². The van der Waals surface area contributed by atoms with Gasteiger partial charge in [-0.25, -0.2) is 19.9 Å². The van der Waals surface area contributed by atoms with Crippen molar-refractivity contribution in [3.05, 3.63) is 36.4 Å². The van der Waals surface area contributed by atoms with Crippen LogP contribution in [0.3, 0.4) is 0 Å². The van der Waals surface area contributed by atoms with E-state index >= 15 is 0 Å². The molecule has 1 unspecified atom stereocenters. The fourth-order valence-corrected chi connectivity index (χ4v) is 6.17. The lowest BCUT2D eigenvalue weighted by Crippen LogP contribution is -2.50. The van der Waals surface area contributed by atoms with Gasteiger partial charge in [0.15, 0.2) is 22.8 Å². The molecule has 0 aromatic carbocycles. The van der Waals surface area contributed by atoms with Crippen molar-refractivity contribution in [1.29, 1.82) is 0 Å². The van der Waals surface area contributed by atoms with Crippen molar-refractivity contribution >= 4 is 28.5 Å². The van der Waals surface area contributed by atoms with Crippen LogP contribution in [0.4, 0.5) is 17.3 Å². The van der Waals surface area contributed by atoms with Crippen LogP contribution < -0.4 is 15.5 Å². The van der Waals surface area contributed by atoms with Gasteiger partial charge in [-0.15, -0.1) is 0 Å². The predicted octanol–water partition coefficient (Wildman–Crippen LogP) is 3.12. The molecule has 1 spiro atoms. The Morgan fingerprint density at radius 2 is 1.97 bits per heavy atom. The normalized spacial score (nSPS) is 25.2. The minimum absolute atomic E-state index is 0.0816. The molecule has 0 aliphatic carbocycles. The van der Waals surface area contributed by atoms with Gasteiger partial charge < -0.3 is 25.3 Å². The number of piperidine rings is 1. The molecule has 2 fully saturated rings. The minimum atomic E-state index is 0.0816. The van der Waals surface area contributed by atoms with Crippen LogP contribution in [-0.2, 0) is 4.74 Å².